The number of benzene rings is 3. The number of hydrogen-bond acceptors (Lipinski definition) is 5. The normalized spacial score (nSPS) is 10.6. The first-order valence-corrected chi connectivity index (χ1v) is 9.75. The maximum Gasteiger partial charge on any atom is 0.344 e. The fourth-order valence-electron chi connectivity index (χ4n) is 3.06. The van der Waals surface area contributed by atoms with E-state index in [1.54, 1.807) is 19.1 Å². The van der Waals surface area contributed by atoms with Crippen LogP contribution in [0.1, 0.15) is 6.92 Å². The predicted octanol–water partition coefficient (Wildman–Crippen LogP) is 5.62. The molecule has 5 heteroatoms. The molecule has 0 amide bonds. The number of ether oxygens (including phenoxy) is 2. The molecule has 0 radical (unpaired) electrons. The zero-order valence-corrected chi connectivity index (χ0v) is 16.6. The van der Waals surface area contributed by atoms with E-state index in [-0.39, 0.29) is 6.61 Å². The van der Waals surface area contributed by atoms with Crippen molar-refractivity contribution in [2.45, 2.75) is 6.92 Å². The Hall–Kier alpha value is -3.86. The summed E-state index contributed by atoms with van der Waals surface area (Å²) in [6.45, 7) is 1.97. The summed E-state index contributed by atoms with van der Waals surface area (Å²) in [5.41, 5.74) is 3.56. The zero-order valence-electron chi connectivity index (χ0n) is 16.6. The molecule has 5 nitrogen and oxygen atoms in total. The van der Waals surface area contributed by atoms with Crippen molar-refractivity contribution in [3.05, 3.63) is 84.9 Å². The van der Waals surface area contributed by atoms with Crippen molar-refractivity contribution < 1.29 is 18.7 Å². The molecule has 3 aromatic carbocycles. The first-order valence-electron chi connectivity index (χ1n) is 9.75. The van der Waals surface area contributed by atoms with Crippen LogP contribution in [-0.2, 0) is 9.53 Å². The summed E-state index contributed by atoms with van der Waals surface area (Å²) in [5.74, 6) is 1.42. The lowest BCUT2D eigenvalue weighted by Gasteiger charge is -2.05. The predicted molar refractivity (Wildman–Crippen MR) is 115 cm³/mol. The number of esters is 1. The van der Waals surface area contributed by atoms with Gasteiger partial charge in [-0.15, -0.1) is 0 Å². The molecule has 1 heterocycles. The van der Waals surface area contributed by atoms with E-state index < -0.39 is 5.97 Å². The summed E-state index contributed by atoms with van der Waals surface area (Å²) in [6, 6.07) is 27.2. The molecule has 0 saturated heterocycles. The van der Waals surface area contributed by atoms with Gasteiger partial charge in [-0.3, -0.25) is 0 Å². The fraction of sp³-hybridized carbons (Fsp3) is 0.120. The second kappa shape index (κ2) is 9.09. The number of aromatic nitrogens is 1. The molecule has 150 valence electrons. The number of hydrogen-bond donors (Lipinski definition) is 0. The van der Waals surface area contributed by atoms with E-state index in [0.29, 0.717) is 18.2 Å². The number of oxazole rings is 1. The molecule has 0 fully saturated rings. The maximum absolute atomic E-state index is 11.4. The second-order valence-electron chi connectivity index (χ2n) is 6.55. The Morgan fingerprint density at radius 2 is 1.47 bits per heavy atom. The summed E-state index contributed by atoms with van der Waals surface area (Å²) < 4.78 is 16.5. The third kappa shape index (κ3) is 4.41. The molecule has 0 aliphatic carbocycles. The van der Waals surface area contributed by atoms with E-state index in [1.165, 1.54) is 0 Å². The molecular formula is C25H21NO4. The van der Waals surface area contributed by atoms with Crippen LogP contribution < -0.4 is 4.74 Å². The third-order valence-electron chi connectivity index (χ3n) is 4.47. The summed E-state index contributed by atoms with van der Waals surface area (Å²) >= 11 is 0. The third-order valence-corrected chi connectivity index (χ3v) is 4.47. The van der Waals surface area contributed by atoms with Crippen molar-refractivity contribution in [1.29, 1.82) is 0 Å². The molecule has 0 unspecified atom stereocenters. The van der Waals surface area contributed by atoms with Crippen LogP contribution in [0.15, 0.2) is 89.3 Å². The maximum atomic E-state index is 11.4. The van der Waals surface area contributed by atoms with Gasteiger partial charge in [-0.2, -0.15) is 0 Å². The van der Waals surface area contributed by atoms with Crippen LogP contribution in [0.4, 0.5) is 0 Å². The Balaban J connectivity index is 1.63. The molecular weight excluding hydrogens is 378 g/mol. The zero-order chi connectivity index (χ0) is 20.8. The summed E-state index contributed by atoms with van der Waals surface area (Å²) in [7, 11) is 0. The van der Waals surface area contributed by atoms with Crippen LogP contribution in [0.5, 0.6) is 5.75 Å². The average Bonchev–Trinajstić information content (AvgIpc) is 3.25. The number of carbonyl (C=O) groups is 1. The highest BCUT2D eigenvalue weighted by Crippen LogP contribution is 2.36. The first-order chi connectivity index (χ1) is 14.7. The summed E-state index contributed by atoms with van der Waals surface area (Å²) in [6.07, 6.45) is 0. The highest BCUT2D eigenvalue weighted by atomic mass is 16.6. The van der Waals surface area contributed by atoms with Gasteiger partial charge in [-0.1, -0.05) is 60.7 Å². The quantitative estimate of drug-likeness (QED) is 0.378. The molecule has 0 spiro atoms. The van der Waals surface area contributed by atoms with Gasteiger partial charge in [0.1, 0.15) is 11.4 Å². The van der Waals surface area contributed by atoms with Crippen molar-refractivity contribution in [1.82, 2.24) is 4.98 Å². The minimum atomic E-state index is -0.394. The smallest absolute Gasteiger partial charge is 0.344 e. The molecule has 0 saturated carbocycles. The van der Waals surface area contributed by atoms with Gasteiger partial charge in [0, 0.05) is 16.7 Å². The molecule has 1 aromatic heterocycles. The SMILES string of the molecule is CCOC(=O)COc1ccc(-c2nc(-c3ccccc3)c(-c3ccccc3)o2)cc1. The van der Waals surface area contributed by atoms with Crippen molar-refractivity contribution in [3.8, 4) is 39.8 Å². The van der Waals surface area contributed by atoms with E-state index in [2.05, 4.69) is 0 Å². The second-order valence-corrected chi connectivity index (χ2v) is 6.55. The Morgan fingerprint density at radius 3 is 2.10 bits per heavy atom. The Labute approximate surface area is 174 Å². The van der Waals surface area contributed by atoms with Crippen molar-refractivity contribution in [2.24, 2.45) is 0 Å². The summed E-state index contributed by atoms with van der Waals surface area (Å²) in [5, 5.41) is 0. The highest BCUT2D eigenvalue weighted by molar-refractivity contribution is 5.79. The van der Waals surface area contributed by atoms with Gasteiger partial charge in [0.05, 0.1) is 6.61 Å². The van der Waals surface area contributed by atoms with E-state index in [0.717, 1.165) is 28.1 Å². The average molecular weight is 399 g/mol. The largest absolute Gasteiger partial charge is 0.482 e. The van der Waals surface area contributed by atoms with E-state index in [4.69, 9.17) is 18.9 Å². The number of nitrogens with zero attached hydrogens (tertiary/aromatic N) is 1. The highest BCUT2D eigenvalue weighted by Gasteiger charge is 2.18. The lowest BCUT2D eigenvalue weighted by molar-refractivity contribution is -0.145. The number of carbonyl (C=O) groups excluding carboxylic acids is 1. The van der Waals surface area contributed by atoms with Gasteiger partial charge >= 0.3 is 5.97 Å². The molecule has 0 aliphatic heterocycles. The molecule has 0 atom stereocenters. The lowest BCUT2D eigenvalue weighted by Crippen LogP contribution is -2.14. The van der Waals surface area contributed by atoms with Gasteiger partial charge in [-0.25, -0.2) is 9.78 Å². The fourth-order valence-corrected chi connectivity index (χ4v) is 3.06. The van der Waals surface area contributed by atoms with Crippen LogP contribution in [0.2, 0.25) is 0 Å². The topological polar surface area (TPSA) is 61.6 Å². The van der Waals surface area contributed by atoms with Gasteiger partial charge in [0.2, 0.25) is 5.89 Å². The Bertz CT molecular complexity index is 1050. The van der Waals surface area contributed by atoms with E-state index in [1.807, 2.05) is 72.8 Å². The van der Waals surface area contributed by atoms with Crippen molar-refractivity contribution >= 4 is 5.97 Å². The molecule has 30 heavy (non-hydrogen) atoms. The molecule has 0 aliphatic rings. The van der Waals surface area contributed by atoms with E-state index >= 15 is 0 Å². The van der Waals surface area contributed by atoms with Crippen LogP contribution in [-0.4, -0.2) is 24.2 Å². The molecule has 4 aromatic rings. The molecule has 4 rings (SSSR count). The van der Waals surface area contributed by atoms with Crippen LogP contribution in [0.25, 0.3) is 34.0 Å². The van der Waals surface area contributed by atoms with Crippen molar-refractivity contribution in [2.75, 3.05) is 13.2 Å². The van der Waals surface area contributed by atoms with Crippen molar-refractivity contribution in [3.63, 3.8) is 0 Å². The molecule has 0 bridgehead atoms. The number of rotatable bonds is 7. The minimum Gasteiger partial charge on any atom is -0.482 e. The van der Waals surface area contributed by atoms with Gasteiger partial charge in [0.15, 0.2) is 12.4 Å². The minimum absolute atomic E-state index is 0.123. The summed E-state index contributed by atoms with van der Waals surface area (Å²) in [4.78, 5) is 16.2. The van der Waals surface area contributed by atoms with Crippen LogP contribution in [0, 0.1) is 0 Å². The van der Waals surface area contributed by atoms with Crippen LogP contribution >= 0.6 is 0 Å². The Morgan fingerprint density at radius 1 is 0.833 bits per heavy atom. The van der Waals surface area contributed by atoms with Gasteiger partial charge in [-0.05, 0) is 31.2 Å². The van der Waals surface area contributed by atoms with E-state index in [9.17, 15) is 4.79 Å². The first kappa shape index (κ1) is 19.5. The Kier molecular flexibility index (Phi) is 5.90. The molecule has 0 N–H and O–H groups in total. The van der Waals surface area contributed by atoms with Crippen LogP contribution in [0.3, 0.4) is 0 Å². The monoisotopic (exact) mass is 399 g/mol. The van der Waals surface area contributed by atoms with Gasteiger partial charge < -0.3 is 13.9 Å². The standard InChI is InChI=1S/C25H21NO4/c1-2-28-22(27)17-29-21-15-13-20(14-16-21)25-26-23(18-9-5-3-6-10-18)24(30-25)19-11-7-4-8-12-19/h3-16H,2,17H2,1H3. The van der Waals surface area contributed by atoms with Gasteiger partial charge in [0.25, 0.3) is 0 Å². The lowest BCUT2D eigenvalue weighted by atomic mass is 10.1.